The highest BCUT2D eigenvalue weighted by atomic mass is 16.5. The predicted molar refractivity (Wildman–Crippen MR) is 116 cm³/mol. The van der Waals surface area contributed by atoms with Crippen LogP contribution in [0.3, 0.4) is 0 Å². The molecule has 0 spiro atoms. The van der Waals surface area contributed by atoms with Gasteiger partial charge in [0.1, 0.15) is 41.2 Å². The lowest BCUT2D eigenvalue weighted by molar-refractivity contribution is -0.111. The van der Waals surface area contributed by atoms with Crippen molar-refractivity contribution in [2.75, 3.05) is 0 Å². The molecule has 4 rings (SSSR count). The lowest BCUT2D eigenvalue weighted by Gasteiger charge is -2.40. The number of benzene rings is 2. The van der Waals surface area contributed by atoms with E-state index in [0.717, 1.165) is 5.57 Å². The Balaban J connectivity index is 1.71. The third-order valence-corrected chi connectivity index (χ3v) is 5.99. The van der Waals surface area contributed by atoms with E-state index in [0.29, 0.717) is 40.2 Å². The minimum absolute atomic E-state index is 0.0691. The Kier molecular flexibility index (Phi) is 5.31. The Bertz CT molecular complexity index is 1060. The van der Waals surface area contributed by atoms with E-state index in [1.165, 1.54) is 6.07 Å². The number of carbonyl (C=O) groups is 1. The third kappa shape index (κ3) is 3.82. The maximum atomic E-state index is 12.9. The molecule has 0 unspecified atom stereocenters. The molecule has 2 aliphatic heterocycles. The summed E-state index contributed by atoms with van der Waals surface area (Å²) in [5.41, 5.74) is 2.39. The topological polar surface area (TPSA) is 96.2 Å². The minimum Gasteiger partial charge on any atom is -0.508 e. The van der Waals surface area contributed by atoms with Crippen molar-refractivity contribution in [1.82, 2.24) is 0 Å². The summed E-state index contributed by atoms with van der Waals surface area (Å²) in [6, 6.07) is 8.39. The number of hydrogen-bond acceptors (Lipinski definition) is 6. The molecule has 0 aromatic heterocycles. The summed E-state index contributed by atoms with van der Waals surface area (Å²) in [6.45, 7) is 7.38. The van der Waals surface area contributed by atoms with E-state index in [2.05, 4.69) is 0 Å². The molecule has 0 saturated heterocycles. The van der Waals surface area contributed by atoms with Gasteiger partial charge in [-0.25, -0.2) is 0 Å². The lowest BCUT2D eigenvalue weighted by atomic mass is 9.86. The molecule has 2 heterocycles. The number of ketones is 1. The molecule has 2 aliphatic rings. The van der Waals surface area contributed by atoms with Crippen LogP contribution in [0.5, 0.6) is 17.2 Å². The van der Waals surface area contributed by atoms with Gasteiger partial charge in [0.2, 0.25) is 0 Å². The molecule has 0 bridgehead atoms. The summed E-state index contributed by atoms with van der Waals surface area (Å²) in [5.74, 6) is 0.912. The van der Waals surface area contributed by atoms with E-state index in [-0.39, 0.29) is 18.0 Å². The monoisotopic (exact) mass is 424 g/mol. The van der Waals surface area contributed by atoms with Crippen molar-refractivity contribution in [3.05, 3.63) is 64.2 Å². The standard InChI is InChI=1S/C25H28O6/c1-13(2)5-7-15-18(26)9-8-16-19(27)12-21(30-23(15)16)14-6-10-20-17(11-14)22(28)24(29)25(3,4)31-20/h5-6,8-11,21-22,24,26,28-29H,7,12H2,1-4H3/t21-,22-,24-/m0/s1. The SMILES string of the molecule is CC(C)=CCc1c(O)ccc2c1O[C@H](c1ccc3c(c1)[C@H](O)[C@H](O)C(C)(C)O3)CC2=O. The van der Waals surface area contributed by atoms with Crippen LogP contribution in [0, 0.1) is 0 Å². The summed E-state index contributed by atoms with van der Waals surface area (Å²) in [5, 5.41) is 31.4. The fraction of sp³-hybridized carbons (Fsp3) is 0.400. The van der Waals surface area contributed by atoms with Gasteiger partial charge in [-0.3, -0.25) is 4.79 Å². The van der Waals surface area contributed by atoms with Gasteiger partial charge in [-0.2, -0.15) is 0 Å². The third-order valence-electron chi connectivity index (χ3n) is 5.99. The molecule has 3 atom stereocenters. The highest BCUT2D eigenvalue weighted by Crippen LogP contribution is 2.44. The van der Waals surface area contributed by atoms with Crippen LogP contribution in [-0.4, -0.2) is 32.8 Å². The molecule has 6 nitrogen and oxygen atoms in total. The molecule has 0 fully saturated rings. The molecule has 2 aromatic carbocycles. The number of ether oxygens (including phenoxy) is 2. The van der Waals surface area contributed by atoms with E-state index in [4.69, 9.17) is 9.47 Å². The molecule has 31 heavy (non-hydrogen) atoms. The summed E-state index contributed by atoms with van der Waals surface area (Å²) in [7, 11) is 0. The zero-order valence-corrected chi connectivity index (χ0v) is 18.2. The van der Waals surface area contributed by atoms with Crippen molar-refractivity contribution in [2.24, 2.45) is 0 Å². The van der Waals surface area contributed by atoms with Crippen LogP contribution in [0.25, 0.3) is 0 Å². The largest absolute Gasteiger partial charge is 0.508 e. The molecular weight excluding hydrogens is 396 g/mol. The summed E-state index contributed by atoms with van der Waals surface area (Å²) < 4.78 is 12.1. The predicted octanol–water partition coefficient (Wildman–Crippen LogP) is 4.17. The van der Waals surface area contributed by atoms with Gasteiger partial charge >= 0.3 is 0 Å². The molecule has 164 valence electrons. The minimum atomic E-state index is -1.11. The van der Waals surface area contributed by atoms with Crippen LogP contribution in [0.4, 0.5) is 0 Å². The maximum absolute atomic E-state index is 12.9. The number of fused-ring (bicyclic) bond motifs is 2. The Morgan fingerprint density at radius 1 is 1.19 bits per heavy atom. The van der Waals surface area contributed by atoms with Crippen LogP contribution < -0.4 is 9.47 Å². The average Bonchev–Trinajstić information content (AvgIpc) is 2.70. The first kappa shape index (κ1) is 21.4. The van der Waals surface area contributed by atoms with Gasteiger partial charge in [0.25, 0.3) is 0 Å². The van der Waals surface area contributed by atoms with Gasteiger partial charge in [-0.1, -0.05) is 17.7 Å². The number of aromatic hydroxyl groups is 1. The molecule has 0 amide bonds. The molecule has 2 aromatic rings. The molecule has 0 aliphatic carbocycles. The van der Waals surface area contributed by atoms with Crippen LogP contribution in [0.2, 0.25) is 0 Å². The summed E-state index contributed by atoms with van der Waals surface area (Å²) in [4.78, 5) is 12.9. The van der Waals surface area contributed by atoms with Crippen molar-refractivity contribution in [1.29, 1.82) is 0 Å². The van der Waals surface area contributed by atoms with Gasteiger partial charge in [0.05, 0.1) is 12.0 Å². The van der Waals surface area contributed by atoms with Gasteiger partial charge in [0.15, 0.2) is 5.78 Å². The Hall–Kier alpha value is -2.83. The number of rotatable bonds is 3. The first-order valence-electron chi connectivity index (χ1n) is 10.5. The smallest absolute Gasteiger partial charge is 0.170 e. The Labute approximate surface area is 181 Å². The van der Waals surface area contributed by atoms with Crippen LogP contribution in [-0.2, 0) is 6.42 Å². The highest BCUT2D eigenvalue weighted by molar-refractivity contribution is 6.00. The van der Waals surface area contributed by atoms with Crippen LogP contribution in [0.15, 0.2) is 42.0 Å². The average molecular weight is 424 g/mol. The number of aliphatic hydroxyl groups excluding tert-OH is 2. The van der Waals surface area contributed by atoms with E-state index in [9.17, 15) is 20.1 Å². The second-order valence-electron chi connectivity index (χ2n) is 9.05. The summed E-state index contributed by atoms with van der Waals surface area (Å²) in [6.07, 6.45) is -0.196. The number of Topliss-reactive ketones (excluding diaryl/α,β-unsaturated/α-hetero) is 1. The molecule has 0 radical (unpaired) electrons. The molecule has 6 heteroatoms. The molecule has 3 N–H and O–H groups in total. The first-order valence-corrected chi connectivity index (χ1v) is 10.5. The fourth-order valence-corrected chi connectivity index (χ4v) is 4.11. The van der Waals surface area contributed by atoms with Crippen molar-refractivity contribution in [3.63, 3.8) is 0 Å². The zero-order valence-electron chi connectivity index (χ0n) is 18.2. The number of hydrogen-bond donors (Lipinski definition) is 3. The van der Waals surface area contributed by atoms with Gasteiger partial charge in [-0.05, 0) is 63.9 Å². The maximum Gasteiger partial charge on any atom is 0.170 e. The first-order chi connectivity index (χ1) is 14.6. The number of phenolic OH excluding ortho intramolecular Hbond substituents is 1. The fourth-order valence-electron chi connectivity index (χ4n) is 4.11. The van der Waals surface area contributed by atoms with Gasteiger partial charge in [0, 0.05) is 11.1 Å². The number of allylic oxidation sites excluding steroid dienone is 2. The van der Waals surface area contributed by atoms with Crippen molar-refractivity contribution in [2.45, 2.75) is 64.4 Å². The Morgan fingerprint density at radius 2 is 1.94 bits per heavy atom. The van der Waals surface area contributed by atoms with E-state index < -0.39 is 23.9 Å². The quantitative estimate of drug-likeness (QED) is 0.640. The van der Waals surface area contributed by atoms with E-state index in [1.54, 1.807) is 38.1 Å². The summed E-state index contributed by atoms with van der Waals surface area (Å²) >= 11 is 0. The molecule has 0 saturated carbocycles. The Morgan fingerprint density at radius 3 is 2.65 bits per heavy atom. The number of phenols is 1. The lowest BCUT2D eigenvalue weighted by Crippen LogP contribution is -2.48. The highest BCUT2D eigenvalue weighted by Gasteiger charge is 2.42. The van der Waals surface area contributed by atoms with Crippen molar-refractivity contribution < 1.29 is 29.6 Å². The van der Waals surface area contributed by atoms with Crippen LogP contribution in [0.1, 0.15) is 73.4 Å². The van der Waals surface area contributed by atoms with Gasteiger partial charge in [-0.15, -0.1) is 0 Å². The second-order valence-corrected chi connectivity index (χ2v) is 9.05. The molecular formula is C25H28O6. The number of aliphatic hydroxyl groups is 2. The van der Waals surface area contributed by atoms with E-state index in [1.807, 2.05) is 19.9 Å². The number of carbonyl (C=O) groups excluding carboxylic acids is 1. The van der Waals surface area contributed by atoms with Crippen molar-refractivity contribution >= 4 is 5.78 Å². The van der Waals surface area contributed by atoms with E-state index >= 15 is 0 Å². The van der Waals surface area contributed by atoms with Gasteiger partial charge < -0.3 is 24.8 Å². The zero-order chi connectivity index (χ0) is 22.5. The van der Waals surface area contributed by atoms with Crippen LogP contribution >= 0.6 is 0 Å². The second kappa shape index (κ2) is 7.70. The normalized spacial score (nSPS) is 23.8. The van der Waals surface area contributed by atoms with Crippen molar-refractivity contribution in [3.8, 4) is 17.2 Å².